The lowest BCUT2D eigenvalue weighted by atomic mass is 10.0. The van der Waals surface area contributed by atoms with Gasteiger partial charge >= 0.3 is 0 Å². The zero-order valence-corrected chi connectivity index (χ0v) is 11.8. The molecule has 0 saturated carbocycles. The highest BCUT2D eigenvalue weighted by atomic mass is 16.7. The summed E-state index contributed by atoms with van der Waals surface area (Å²) in [4.78, 5) is 0. The minimum atomic E-state index is -0.728. The van der Waals surface area contributed by atoms with E-state index < -0.39 is 18.5 Å². The van der Waals surface area contributed by atoms with E-state index in [1.165, 1.54) is 19.3 Å². The molecule has 0 aliphatic carbocycles. The van der Waals surface area contributed by atoms with Crippen LogP contribution in [0.2, 0.25) is 0 Å². The van der Waals surface area contributed by atoms with Crippen LogP contribution in [0.3, 0.4) is 0 Å². The van der Waals surface area contributed by atoms with Crippen molar-refractivity contribution in [1.29, 1.82) is 0 Å². The molecule has 5 atom stereocenters. The van der Waals surface area contributed by atoms with E-state index in [0.29, 0.717) is 6.42 Å². The Morgan fingerprint density at radius 3 is 2.61 bits per heavy atom. The van der Waals surface area contributed by atoms with E-state index in [2.05, 4.69) is 6.92 Å². The molecule has 4 heteroatoms. The van der Waals surface area contributed by atoms with Crippen LogP contribution in [0.5, 0.6) is 0 Å². The molecule has 0 aromatic carbocycles. The molecule has 0 spiro atoms. The predicted octanol–water partition coefficient (Wildman–Crippen LogP) is 2.22. The molecule has 4 unspecified atom stereocenters. The molecule has 0 aromatic heterocycles. The monoisotopic (exact) mass is 260 g/mol. The summed E-state index contributed by atoms with van der Waals surface area (Å²) in [5, 5.41) is 19.4. The lowest BCUT2D eigenvalue weighted by Crippen LogP contribution is -2.48. The van der Waals surface area contributed by atoms with Gasteiger partial charge in [-0.2, -0.15) is 0 Å². The molecular weight excluding hydrogens is 232 g/mol. The van der Waals surface area contributed by atoms with Gasteiger partial charge in [-0.3, -0.25) is 0 Å². The summed E-state index contributed by atoms with van der Waals surface area (Å²) in [5.41, 5.74) is 0. The Morgan fingerprint density at radius 2 is 1.94 bits per heavy atom. The van der Waals surface area contributed by atoms with Crippen molar-refractivity contribution in [2.75, 3.05) is 0 Å². The average Bonchev–Trinajstić information content (AvgIpc) is 2.32. The highest BCUT2D eigenvalue weighted by Gasteiger charge is 2.35. The lowest BCUT2D eigenvalue weighted by molar-refractivity contribution is -0.273. The molecule has 1 aliphatic rings. The smallest absolute Gasteiger partial charge is 0.184 e. The van der Waals surface area contributed by atoms with Gasteiger partial charge in [-0.25, -0.2) is 0 Å². The number of rotatable bonds is 7. The summed E-state index contributed by atoms with van der Waals surface area (Å²) in [6.07, 6.45) is 4.09. The van der Waals surface area contributed by atoms with Crippen LogP contribution in [0.15, 0.2) is 0 Å². The second kappa shape index (κ2) is 8.10. The fraction of sp³-hybridized carbons (Fsp3) is 1.00. The molecule has 4 nitrogen and oxygen atoms in total. The second-order valence-corrected chi connectivity index (χ2v) is 5.38. The van der Waals surface area contributed by atoms with Crippen molar-refractivity contribution in [1.82, 2.24) is 0 Å². The van der Waals surface area contributed by atoms with E-state index in [9.17, 15) is 10.2 Å². The van der Waals surface area contributed by atoms with Crippen LogP contribution in [0.25, 0.3) is 0 Å². The molecule has 2 N–H and O–H groups in total. The largest absolute Gasteiger partial charge is 0.390 e. The Bertz CT molecular complexity index is 222. The third-order valence-electron chi connectivity index (χ3n) is 3.52. The van der Waals surface area contributed by atoms with Gasteiger partial charge in [-0.1, -0.05) is 32.6 Å². The van der Waals surface area contributed by atoms with E-state index in [4.69, 9.17) is 9.47 Å². The van der Waals surface area contributed by atoms with Gasteiger partial charge in [0.1, 0.15) is 6.10 Å². The van der Waals surface area contributed by atoms with Gasteiger partial charge in [-0.15, -0.1) is 0 Å². The maximum absolute atomic E-state index is 9.81. The topological polar surface area (TPSA) is 58.9 Å². The summed E-state index contributed by atoms with van der Waals surface area (Å²) in [6.45, 7) is 6.01. The predicted molar refractivity (Wildman–Crippen MR) is 70.3 cm³/mol. The molecule has 1 saturated heterocycles. The van der Waals surface area contributed by atoms with Crippen molar-refractivity contribution in [3.05, 3.63) is 0 Å². The zero-order chi connectivity index (χ0) is 13.5. The van der Waals surface area contributed by atoms with Crippen LogP contribution >= 0.6 is 0 Å². The molecule has 0 radical (unpaired) electrons. The number of hydrogen-bond donors (Lipinski definition) is 2. The molecule has 1 fully saturated rings. The van der Waals surface area contributed by atoms with Gasteiger partial charge in [0.2, 0.25) is 0 Å². The summed E-state index contributed by atoms with van der Waals surface area (Å²) in [6, 6.07) is 0. The van der Waals surface area contributed by atoms with Crippen LogP contribution < -0.4 is 0 Å². The third kappa shape index (κ3) is 5.22. The fourth-order valence-corrected chi connectivity index (χ4v) is 2.22. The number of unbranched alkanes of at least 4 members (excludes halogenated alkanes) is 3. The van der Waals surface area contributed by atoms with Crippen LogP contribution in [-0.2, 0) is 9.47 Å². The average molecular weight is 260 g/mol. The Morgan fingerprint density at radius 1 is 1.22 bits per heavy atom. The number of aliphatic hydroxyl groups excluding tert-OH is 2. The first-order valence-corrected chi connectivity index (χ1v) is 7.21. The minimum absolute atomic E-state index is 0.0870. The van der Waals surface area contributed by atoms with Crippen molar-refractivity contribution in [2.24, 2.45) is 0 Å². The van der Waals surface area contributed by atoms with E-state index >= 15 is 0 Å². The maximum Gasteiger partial charge on any atom is 0.184 e. The first-order chi connectivity index (χ1) is 8.54. The van der Waals surface area contributed by atoms with Crippen molar-refractivity contribution in [2.45, 2.75) is 90.0 Å². The summed E-state index contributed by atoms with van der Waals surface area (Å²) < 4.78 is 11.2. The van der Waals surface area contributed by atoms with Crippen LogP contribution in [-0.4, -0.2) is 40.9 Å². The van der Waals surface area contributed by atoms with Gasteiger partial charge in [0.05, 0.1) is 18.3 Å². The molecule has 0 aromatic rings. The number of aliphatic hydroxyl groups is 2. The van der Waals surface area contributed by atoms with E-state index in [0.717, 1.165) is 12.8 Å². The molecule has 1 aliphatic heterocycles. The van der Waals surface area contributed by atoms with Crippen molar-refractivity contribution in [3.63, 3.8) is 0 Å². The quantitative estimate of drug-likeness (QED) is 0.689. The fourth-order valence-electron chi connectivity index (χ4n) is 2.22. The van der Waals surface area contributed by atoms with Gasteiger partial charge in [-0.05, 0) is 20.3 Å². The second-order valence-electron chi connectivity index (χ2n) is 5.38. The number of hydrogen-bond acceptors (Lipinski definition) is 4. The van der Waals surface area contributed by atoms with Gasteiger partial charge in [0.15, 0.2) is 6.29 Å². The maximum atomic E-state index is 9.81. The first kappa shape index (κ1) is 15.9. The van der Waals surface area contributed by atoms with E-state index in [-0.39, 0.29) is 12.2 Å². The van der Waals surface area contributed by atoms with Crippen LogP contribution in [0.4, 0.5) is 0 Å². The standard InChI is InChI=1S/C14H28O4/c1-4-5-6-7-8-10(2)17-14-13(16)9-12(15)11(3)18-14/h10-16H,4-9H2,1-3H3/t10-,11?,12?,13?,14?/m1/s1. The van der Waals surface area contributed by atoms with Gasteiger partial charge < -0.3 is 19.7 Å². The van der Waals surface area contributed by atoms with Gasteiger partial charge in [0.25, 0.3) is 0 Å². The lowest BCUT2D eigenvalue weighted by Gasteiger charge is -2.36. The molecule has 1 rings (SSSR count). The Hall–Kier alpha value is -0.160. The molecule has 0 bridgehead atoms. The van der Waals surface area contributed by atoms with Crippen molar-refractivity contribution < 1.29 is 19.7 Å². The normalized spacial score (nSPS) is 34.5. The summed E-state index contributed by atoms with van der Waals surface area (Å²) >= 11 is 0. The Balaban J connectivity index is 2.24. The Labute approximate surface area is 110 Å². The Kier molecular flexibility index (Phi) is 7.15. The third-order valence-corrected chi connectivity index (χ3v) is 3.52. The van der Waals surface area contributed by atoms with Crippen molar-refractivity contribution >= 4 is 0 Å². The molecule has 1 heterocycles. The summed E-state index contributed by atoms with van der Waals surface area (Å²) in [7, 11) is 0. The van der Waals surface area contributed by atoms with E-state index in [1.807, 2.05) is 6.92 Å². The highest BCUT2D eigenvalue weighted by molar-refractivity contribution is 4.78. The van der Waals surface area contributed by atoms with Crippen LogP contribution in [0, 0.1) is 0 Å². The zero-order valence-electron chi connectivity index (χ0n) is 11.8. The molecule has 18 heavy (non-hydrogen) atoms. The van der Waals surface area contributed by atoms with E-state index in [1.54, 1.807) is 6.92 Å². The number of ether oxygens (including phenoxy) is 2. The SMILES string of the molecule is CCCCCC[C@@H](C)OC1OC(C)C(O)CC1O. The van der Waals surface area contributed by atoms with Crippen LogP contribution in [0.1, 0.15) is 59.3 Å². The molecule has 0 amide bonds. The molecular formula is C14H28O4. The molecule has 108 valence electrons. The first-order valence-electron chi connectivity index (χ1n) is 7.21. The minimum Gasteiger partial charge on any atom is -0.390 e. The highest BCUT2D eigenvalue weighted by Crippen LogP contribution is 2.23. The summed E-state index contributed by atoms with van der Waals surface area (Å²) in [5.74, 6) is 0. The van der Waals surface area contributed by atoms with Gasteiger partial charge in [0, 0.05) is 6.42 Å². The van der Waals surface area contributed by atoms with Crippen molar-refractivity contribution in [3.8, 4) is 0 Å².